The quantitative estimate of drug-likeness (QED) is 0.765. The van der Waals surface area contributed by atoms with Crippen molar-refractivity contribution in [3.8, 4) is 0 Å². The molecule has 0 aliphatic heterocycles. The van der Waals surface area contributed by atoms with Gasteiger partial charge in [-0.3, -0.25) is 4.79 Å². The second-order valence-electron chi connectivity index (χ2n) is 5.31. The molecule has 0 heterocycles. The standard InChI is InChI=1S/C18H16Cl2FNO3/c1-11(25-18(24)16-14(19)3-2-4-15(16)20)17(23)22-10-9-12-5-7-13(21)8-6-12/h2-8,11H,9-10H2,1H3,(H,22,23)/t11-/m1/s1. The molecular formula is C18H16Cl2FNO3. The number of rotatable bonds is 6. The Morgan fingerprint density at radius 2 is 1.72 bits per heavy atom. The Morgan fingerprint density at radius 1 is 1.12 bits per heavy atom. The van der Waals surface area contributed by atoms with Crippen LogP contribution in [0.2, 0.25) is 10.0 Å². The molecule has 1 atom stereocenters. The van der Waals surface area contributed by atoms with Crippen molar-refractivity contribution in [3.05, 3.63) is 69.5 Å². The molecule has 25 heavy (non-hydrogen) atoms. The van der Waals surface area contributed by atoms with Crippen LogP contribution in [0.25, 0.3) is 0 Å². The lowest BCUT2D eigenvalue weighted by molar-refractivity contribution is -0.129. The molecule has 0 bridgehead atoms. The fourth-order valence-corrected chi connectivity index (χ4v) is 2.64. The van der Waals surface area contributed by atoms with E-state index in [9.17, 15) is 14.0 Å². The van der Waals surface area contributed by atoms with Gasteiger partial charge >= 0.3 is 5.97 Å². The smallest absolute Gasteiger partial charge is 0.341 e. The largest absolute Gasteiger partial charge is 0.449 e. The lowest BCUT2D eigenvalue weighted by atomic mass is 10.1. The maximum Gasteiger partial charge on any atom is 0.341 e. The highest BCUT2D eigenvalue weighted by atomic mass is 35.5. The highest BCUT2D eigenvalue weighted by molar-refractivity contribution is 6.39. The highest BCUT2D eigenvalue weighted by Crippen LogP contribution is 2.25. The maximum atomic E-state index is 12.8. The minimum absolute atomic E-state index is 0.0248. The molecule has 1 amide bonds. The molecule has 0 radical (unpaired) electrons. The van der Waals surface area contributed by atoms with Crippen molar-refractivity contribution in [1.29, 1.82) is 0 Å². The summed E-state index contributed by atoms with van der Waals surface area (Å²) in [6.07, 6.45) is -0.476. The number of hydrogen-bond donors (Lipinski definition) is 1. The van der Waals surface area contributed by atoms with E-state index in [1.54, 1.807) is 18.2 Å². The number of halogens is 3. The number of nitrogens with one attached hydrogen (secondary N) is 1. The van der Waals surface area contributed by atoms with Gasteiger partial charge in [0, 0.05) is 6.54 Å². The average molecular weight is 384 g/mol. The van der Waals surface area contributed by atoms with E-state index in [2.05, 4.69) is 5.32 Å². The fraction of sp³-hybridized carbons (Fsp3) is 0.222. The predicted molar refractivity (Wildman–Crippen MR) is 94.5 cm³/mol. The Bertz CT molecular complexity index is 745. The van der Waals surface area contributed by atoms with E-state index in [4.69, 9.17) is 27.9 Å². The van der Waals surface area contributed by atoms with Gasteiger partial charge < -0.3 is 10.1 Å². The van der Waals surface area contributed by atoms with Gasteiger partial charge in [-0.2, -0.15) is 0 Å². The molecule has 0 saturated heterocycles. The Kier molecular flexibility index (Phi) is 6.79. The molecule has 0 unspecified atom stereocenters. The molecule has 0 spiro atoms. The topological polar surface area (TPSA) is 55.4 Å². The molecule has 0 aliphatic rings. The summed E-state index contributed by atoms with van der Waals surface area (Å²) in [5.74, 6) is -1.53. The third-order valence-corrected chi connectivity index (χ3v) is 4.08. The number of carbonyl (C=O) groups excluding carboxylic acids is 2. The van der Waals surface area contributed by atoms with Crippen LogP contribution in [0.5, 0.6) is 0 Å². The van der Waals surface area contributed by atoms with Crippen LogP contribution in [0.15, 0.2) is 42.5 Å². The third-order valence-electron chi connectivity index (χ3n) is 3.45. The number of benzene rings is 2. The third kappa shape index (κ3) is 5.44. The first kappa shape index (κ1) is 19.2. The average Bonchev–Trinajstić information content (AvgIpc) is 2.56. The molecule has 2 aromatic rings. The molecule has 7 heteroatoms. The van der Waals surface area contributed by atoms with Crippen molar-refractivity contribution in [2.75, 3.05) is 6.54 Å². The van der Waals surface area contributed by atoms with Gasteiger partial charge in [0.1, 0.15) is 5.82 Å². The molecule has 0 aliphatic carbocycles. The molecule has 0 saturated carbocycles. The number of carbonyl (C=O) groups is 2. The maximum absolute atomic E-state index is 12.8. The van der Waals surface area contributed by atoms with Gasteiger partial charge in [0.25, 0.3) is 5.91 Å². The van der Waals surface area contributed by atoms with Crippen LogP contribution in [0.1, 0.15) is 22.8 Å². The molecule has 0 aromatic heterocycles. The minimum Gasteiger partial charge on any atom is -0.449 e. The first-order valence-electron chi connectivity index (χ1n) is 7.55. The van der Waals surface area contributed by atoms with Gasteiger partial charge in [0.15, 0.2) is 6.10 Å². The molecule has 4 nitrogen and oxygen atoms in total. The first-order chi connectivity index (χ1) is 11.9. The summed E-state index contributed by atoms with van der Waals surface area (Å²) in [5, 5.41) is 2.96. The van der Waals surface area contributed by atoms with E-state index < -0.39 is 18.0 Å². The summed E-state index contributed by atoms with van der Waals surface area (Å²) in [6.45, 7) is 1.79. The Balaban J connectivity index is 1.85. The highest BCUT2D eigenvalue weighted by Gasteiger charge is 2.22. The van der Waals surface area contributed by atoms with Crippen molar-refractivity contribution < 1.29 is 18.7 Å². The van der Waals surface area contributed by atoms with Crippen LogP contribution in [0.3, 0.4) is 0 Å². The normalized spacial score (nSPS) is 11.7. The monoisotopic (exact) mass is 383 g/mol. The lowest BCUT2D eigenvalue weighted by Crippen LogP contribution is -2.37. The predicted octanol–water partition coefficient (Wildman–Crippen LogP) is 4.04. The van der Waals surface area contributed by atoms with Crippen molar-refractivity contribution >= 4 is 35.1 Å². The van der Waals surface area contributed by atoms with Gasteiger partial charge in [0.2, 0.25) is 0 Å². The Labute approximate surface area is 154 Å². The van der Waals surface area contributed by atoms with Crippen LogP contribution in [0, 0.1) is 5.82 Å². The van der Waals surface area contributed by atoms with Gasteiger partial charge in [0.05, 0.1) is 15.6 Å². The minimum atomic E-state index is -1.01. The van der Waals surface area contributed by atoms with E-state index in [-0.39, 0.29) is 21.4 Å². The van der Waals surface area contributed by atoms with Crippen molar-refractivity contribution in [2.45, 2.75) is 19.4 Å². The van der Waals surface area contributed by atoms with E-state index in [0.717, 1.165) is 5.56 Å². The Morgan fingerprint density at radius 3 is 2.32 bits per heavy atom. The molecular weight excluding hydrogens is 368 g/mol. The van der Waals surface area contributed by atoms with Crippen LogP contribution in [-0.2, 0) is 16.0 Å². The van der Waals surface area contributed by atoms with Gasteiger partial charge in [-0.25, -0.2) is 9.18 Å². The zero-order valence-electron chi connectivity index (χ0n) is 13.4. The second kappa shape index (κ2) is 8.83. The summed E-state index contributed by atoms with van der Waals surface area (Å²) in [6, 6.07) is 10.6. The Hall–Kier alpha value is -2.11. The van der Waals surface area contributed by atoms with Crippen molar-refractivity contribution in [1.82, 2.24) is 5.32 Å². The number of amides is 1. The van der Waals surface area contributed by atoms with Gasteiger partial charge in [-0.05, 0) is 43.2 Å². The zero-order chi connectivity index (χ0) is 18.4. The van der Waals surface area contributed by atoms with E-state index >= 15 is 0 Å². The molecule has 1 N–H and O–H groups in total. The van der Waals surface area contributed by atoms with Crippen molar-refractivity contribution in [2.24, 2.45) is 0 Å². The first-order valence-corrected chi connectivity index (χ1v) is 8.31. The molecule has 2 rings (SSSR count). The summed E-state index contributed by atoms with van der Waals surface area (Å²) in [7, 11) is 0. The second-order valence-corrected chi connectivity index (χ2v) is 6.13. The summed E-state index contributed by atoms with van der Waals surface area (Å²) >= 11 is 11.9. The summed E-state index contributed by atoms with van der Waals surface area (Å²) in [5.41, 5.74) is 0.908. The van der Waals surface area contributed by atoms with Gasteiger partial charge in [-0.15, -0.1) is 0 Å². The van der Waals surface area contributed by atoms with E-state index in [1.807, 2.05) is 0 Å². The fourth-order valence-electron chi connectivity index (χ4n) is 2.09. The SMILES string of the molecule is C[C@@H](OC(=O)c1c(Cl)cccc1Cl)C(=O)NCCc1ccc(F)cc1. The van der Waals surface area contributed by atoms with Crippen LogP contribution in [0.4, 0.5) is 4.39 Å². The molecule has 0 fully saturated rings. The molecule has 132 valence electrons. The van der Waals surface area contributed by atoms with Crippen LogP contribution >= 0.6 is 23.2 Å². The number of esters is 1. The van der Waals surface area contributed by atoms with Gasteiger partial charge in [-0.1, -0.05) is 41.4 Å². The summed E-state index contributed by atoms with van der Waals surface area (Å²) in [4.78, 5) is 24.1. The number of hydrogen-bond acceptors (Lipinski definition) is 3. The van der Waals surface area contributed by atoms with Crippen LogP contribution in [-0.4, -0.2) is 24.5 Å². The van der Waals surface area contributed by atoms with E-state index in [0.29, 0.717) is 13.0 Å². The van der Waals surface area contributed by atoms with Crippen LogP contribution < -0.4 is 5.32 Å². The molecule has 2 aromatic carbocycles. The van der Waals surface area contributed by atoms with Crippen molar-refractivity contribution in [3.63, 3.8) is 0 Å². The number of ether oxygens (including phenoxy) is 1. The summed E-state index contributed by atoms with van der Waals surface area (Å²) < 4.78 is 17.9. The van der Waals surface area contributed by atoms with E-state index in [1.165, 1.54) is 31.2 Å². The zero-order valence-corrected chi connectivity index (χ0v) is 14.9. The lowest BCUT2D eigenvalue weighted by Gasteiger charge is -2.14.